The lowest BCUT2D eigenvalue weighted by Crippen LogP contribution is -2.21. The van der Waals surface area contributed by atoms with Crippen LogP contribution in [0.4, 0.5) is 5.00 Å². The van der Waals surface area contributed by atoms with Crippen molar-refractivity contribution in [3.63, 3.8) is 0 Å². The van der Waals surface area contributed by atoms with Crippen LogP contribution >= 0.6 is 11.3 Å². The lowest BCUT2D eigenvalue weighted by atomic mass is 10.0. The highest BCUT2D eigenvalue weighted by atomic mass is 32.1. The first-order chi connectivity index (χ1) is 9.43. The van der Waals surface area contributed by atoms with Crippen LogP contribution in [0.25, 0.3) is 0 Å². The first kappa shape index (κ1) is 14.3. The summed E-state index contributed by atoms with van der Waals surface area (Å²) in [5.41, 5.74) is 7.61. The number of nitrogens with two attached hydrogens (primary N) is 1. The molecule has 0 aliphatic rings. The molecule has 0 aliphatic carbocycles. The molecular formula is C15H16N2O2S. The van der Waals surface area contributed by atoms with Gasteiger partial charge in [0.15, 0.2) is 5.78 Å². The monoisotopic (exact) mass is 288 g/mol. The van der Waals surface area contributed by atoms with Gasteiger partial charge in [0, 0.05) is 19.7 Å². The van der Waals surface area contributed by atoms with Crippen LogP contribution in [0.15, 0.2) is 30.3 Å². The first-order valence-corrected chi connectivity index (χ1v) is 6.95. The average molecular weight is 288 g/mol. The number of thiophene rings is 1. The maximum Gasteiger partial charge on any atom is 0.263 e. The van der Waals surface area contributed by atoms with E-state index in [1.807, 2.05) is 6.07 Å². The Kier molecular flexibility index (Phi) is 3.90. The lowest BCUT2D eigenvalue weighted by molar-refractivity contribution is 0.0831. The van der Waals surface area contributed by atoms with Crippen LogP contribution in [0.2, 0.25) is 0 Å². The van der Waals surface area contributed by atoms with E-state index < -0.39 is 0 Å². The van der Waals surface area contributed by atoms with Gasteiger partial charge in [0.2, 0.25) is 0 Å². The molecule has 20 heavy (non-hydrogen) atoms. The molecule has 2 N–H and O–H groups in total. The third-order valence-electron chi connectivity index (χ3n) is 3.04. The maximum atomic E-state index is 12.5. The van der Waals surface area contributed by atoms with Crippen molar-refractivity contribution < 1.29 is 9.59 Å². The summed E-state index contributed by atoms with van der Waals surface area (Å²) in [6.45, 7) is 1.76. The Labute approximate surface area is 121 Å². The SMILES string of the molecule is Cc1c(C(=O)N(C)C)sc(N)c1C(=O)c1ccccc1. The summed E-state index contributed by atoms with van der Waals surface area (Å²) >= 11 is 1.17. The molecule has 0 radical (unpaired) electrons. The number of rotatable bonds is 3. The number of nitrogen functional groups attached to an aromatic ring is 1. The van der Waals surface area contributed by atoms with E-state index in [0.717, 1.165) is 0 Å². The molecule has 0 aliphatic heterocycles. The quantitative estimate of drug-likeness (QED) is 0.883. The number of hydrogen-bond donors (Lipinski definition) is 1. The molecule has 1 heterocycles. The van der Waals surface area contributed by atoms with E-state index in [9.17, 15) is 9.59 Å². The van der Waals surface area contributed by atoms with Crippen molar-refractivity contribution in [3.05, 3.63) is 51.9 Å². The number of anilines is 1. The largest absolute Gasteiger partial charge is 0.390 e. The van der Waals surface area contributed by atoms with Crippen molar-refractivity contribution in [2.45, 2.75) is 6.92 Å². The molecule has 0 saturated carbocycles. The number of hydrogen-bond acceptors (Lipinski definition) is 4. The molecule has 1 aromatic heterocycles. The van der Waals surface area contributed by atoms with Crippen LogP contribution in [0.3, 0.4) is 0 Å². The van der Waals surface area contributed by atoms with Crippen molar-refractivity contribution in [1.29, 1.82) is 0 Å². The van der Waals surface area contributed by atoms with Crippen LogP contribution in [0.5, 0.6) is 0 Å². The molecule has 2 rings (SSSR count). The first-order valence-electron chi connectivity index (χ1n) is 6.13. The van der Waals surface area contributed by atoms with Crippen molar-refractivity contribution >= 4 is 28.0 Å². The van der Waals surface area contributed by atoms with Crippen molar-refractivity contribution in [2.75, 3.05) is 19.8 Å². The number of carbonyl (C=O) groups excluding carboxylic acids is 2. The molecule has 104 valence electrons. The van der Waals surface area contributed by atoms with E-state index in [-0.39, 0.29) is 11.7 Å². The number of amides is 1. The highest BCUT2D eigenvalue weighted by Gasteiger charge is 2.24. The van der Waals surface area contributed by atoms with E-state index >= 15 is 0 Å². The van der Waals surface area contributed by atoms with Crippen LogP contribution in [0, 0.1) is 6.92 Å². The standard InChI is InChI=1S/C15H16N2O2S/c1-9-11(12(18)10-7-5-4-6-8-10)14(16)20-13(9)15(19)17(2)3/h4-8H,16H2,1-3H3. The van der Waals surface area contributed by atoms with E-state index in [1.54, 1.807) is 45.3 Å². The second-order valence-corrected chi connectivity index (χ2v) is 5.74. The van der Waals surface area contributed by atoms with E-state index in [4.69, 9.17) is 5.73 Å². The third-order valence-corrected chi connectivity index (χ3v) is 4.15. The predicted octanol–water partition coefficient (Wildman–Crippen LogP) is 2.57. The summed E-state index contributed by atoms with van der Waals surface area (Å²) in [5.74, 6) is -0.277. The van der Waals surface area contributed by atoms with E-state index in [0.29, 0.717) is 26.6 Å². The summed E-state index contributed by atoms with van der Waals surface area (Å²) in [6.07, 6.45) is 0. The number of benzene rings is 1. The van der Waals surface area contributed by atoms with Crippen LogP contribution in [-0.2, 0) is 0 Å². The highest BCUT2D eigenvalue weighted by Crippen LogP contribution is 2.32. The molecule has 5 heteroatoms. The highest BCUT2D eigenvalue weighted by molar-refractivity contribution is 7.18. The fraction of sp³-hybridized carbons (Fsp3) is 0.200. The van der Waals surface area contributed by atoms with Crippen molar-refractivity contribution in [1.82, 2.24) is 4.90 Å². The lowest BCUT2D eigenvalue weighted by Gasteiger charge is -2.09. The van der Waals surface area contributed by atoms with Gasteiger partial charge in [-0.2, -0.15) is 0 Å². The number of nitrogens with zero attached hydrogens (tertiary/aromatic N) is 1. The molecule has 0 bridgehead atoms. The zero-order valence-corrected chi connectivity index (χ0v) is 12.5. The minimum absolute atomic E-state index is 0.133. The van der Waals surface area contributed by atoms with Gasteiger partial charge in [-0.15, -0.1) is 11.3 Å². The van der Waals surface area contributed by atoms with Gasteiger partial charge in [-0.1, -0.05) is 30.3 Å². The molecule has 0 saturated heterocycles. The number of ketones is 1. The molecule has 0 atom stereocenters. The average Bonchev–Trinajstić information content (AvgIpc) is 2.73. The second kappa shape index (κ2) is 5.46. The Morgan fingerprint density at radius 2 is 1.75 bits per heavy atom. The Bertz CT molecular complexity index is 660. The Morgan fingerprint density at radius 3 is 2.30 bits per heavy atom. The summed E-state index contributed by atoms with van der Waals surface area (Å²) < 4.78 is 0. The van der Waals surface area contributed by atoms with Gasteiger partial charge in [-0.25, -0.2) is 0 Å². The van der Waals surface area contributed by atoms with Gasteiger partial charge >= 0.3 is 0 Å². The van der Waals surface area contributed by atoms with Gasteiger partial charge in [-0.05, 0) is 12.5 Å². The van der Waals surface area contributed by atoms with E-state index in [2.05, 4.69) is 0 Å². The third kappa shape index (κ3) is 2.44. The Morgan fingerprint density at radius 1 is 1.15 bits per heavy atom. The summed E-state index contributed by atoms with van der Waals surface area (Å²) in [4.78, 5) is 26.6. The normalized spacial score (nSPS) is 10.3. The Hall–Kier alpha value is -2.14. The molecule has 1 amide bonds. The molecule has 0 fully saturated rings. The maximum absolute atomic E-state index is 12.5. The van der Waals surface area contributed by atoms with Crippen LogP contribution < -0.4 is 5.73 Å². The zero-order valence-electron chi connectivity index (χ0n) is 11.6. The molecule has 0 spiro atoms. The molecular weight excluding hydrogens is 272 g/mol. The fourth-order valence-corrected chi connectivity index (χ4v) is 3.05. The Balaban J connectivity index is 2.49. The second-order valence-electron chi connectivity index (χ2n) is 4.69. The summed E-state index contributed by atoms with van der Waals surface area (Å²) in [6, 6.07) is 8.94. The van der Waals surface area contributed by atoms with E-state index in [1.165, 1.54) is 16.2 Å². The molecule has 4 nitrogen and oxygen atoms in total. The van der Waals surface area contributed by atoms with Gasteiger partial charge in [0.05, 0.1) is 15.4 Å². The summed E-state index contributed by atoms with van der Waals surface area (Å²) in [5, 5.41) is 0.390. The molecule has 1 aromatic carbocycles. The molecule has 0 unspecified atom stereocenters. The topological polar surface area (TPSA) is 63.4 Å². The van der Waals surface area contributed by atoms with Gasteiger partial charge in [-0.3, -0.25) is 9.59 Å². The van der Waals surface area contributed by atoms with Crippen LogP contribution in [0.1, 0.15) is 31.2 Å². The predicted molar refractivity (Wildman–Crippen MR) is 81.4 cm³/mol. The van der Waals surface area contributed by atoms with Crippen molar-refractivity contribution in [3.8, 4) is 0 Å². The van der Waals surface area contributed by atoms with Gasteiger partial charge in [0.1, 0.15) is 0 Å². The van der Waals surface area contributed by atoms with Crippen LogP contribution in [-0.4, -0.2) is 30.7 Å². The van der Waals surface area contributed by atoms with Gasteiger partial charge in [0.25, 0.3) is 5.91 Å². The minimum Gasteiger partial charge on any atom is -0.390 e. The molecule has 2 aromatic rings. The minimum atomic E-state index is -0.144. The van der Waals surface area contributed by atoms with Gasteiger partial charge < -0.3 is 10.6 Å². The summed E-state index contributed by atoms with van der Waals surface area (Å²) in [7, 11) is 3.35. The smallest absolute Gasteiger partial charge is 0.263 e. The van der Waals surface area contributed by atoms with Crippen molar-refractivity contribution in [2.24, 2.45) is 0 Å². The fourth-order valence-electron chi connectivity index (χ4n) is 1.96. The number of carbonyl (C=O) groups is 2. The zero-order chi connectivity index (χ0) is 14.9.